The molecule has 0 saturated heterocycles. The quantitative estimate of drug-likeness (QED) is 0.723. The summed E-state index contributed by atoms with van der Waals surface area (Å²) in [4.78, 5) is 1.76. The number of hydrogen-bond acceptors (Lipinski definition) is 3. The van der Waals surface area contributed by atoms with Crippen molar-refractivity contribution in [3.63, 3.8) is 0 Å². The molecule has 0 N–H and O–H groups in total. The Morgan fingerprint density at radius 3 is 2.21 bits per heavy atom. The summed E-state index contributed by atoms with van der Waals surface area (Å²) in [6.45, 7) is 3.98. The molecule has 0 saturated carbocycles. The topological polar surface area (TPSA) is 37.4 Å². The maximum Gasteiger partial charge on any atom is 0.341 e. The lowest BCUT2D eigenvalue weighted by molar-refractivity contribution is 0.234. The van der Waals surface area contributed by atoms with Gasteiger partial charge in [0.05, 0.1) is 4.90 Å². The Morgan fingerprint density at radius 2 is 1.67 bits per heavy atom. The second kappa shape index (κ2) is 8.05. The molecule has 0 aliphatic rings. The minimum absolute atomic E-state index is 0.365. The van der Waals surface area contributed by atoms with Crippen LogP contribution in [-0.4, -0.2) is 25.6 Å². The highest BCUT2D eigenvalue weighted by Crippen LogP contribution is 2.21. The molecule has 0 radical (unpaired) electrons. The van der Waals surface area contributed by atoms with E-state index in [0.29, 0.717) is 18.1 Å². The third-order valence-corrected chi connectivity index (χ3v) is 5.46. The summed E-state index contributed by atoms with van der Waals surface area (Å²) in [5.41, 5.74) is 1.84. The normalized spacial score (nSPS) is 12.1. The van der Waals surface area contributed by atoms with Crippen LogP contribution in [0.2, 0.25) is 5.02 Å². The fraction of sp³-hybridized carbons (Fsp3) is 0.294. The minimum atomic E-state index is -4.55. The second-order valence-electron chi connectivity index (χ2n) is 5.34. The maximum atomic E-state index is 12.5. The Hall–Kier alpha value is -1.50. The number of rotatable bonds is 7. The number of sulfone groups is 1. The van der Waals surface area contributed by atoms with Gasteiger partial charge in [-0.1, -0.05) is 48.9 Å². The number of benzene rings is 2. The van der Waals surface area contributed by atoms with Crippen LogP contribution in [0.1, 0.15) is 18.1 Å². The monoisotopic (exact) mass is 373 g/mol. The van der Waals surface area contributed by atoms with Gasteiger partial charge in [-0.3, -0.25) is 4.90 Å². The van der Waals surface area contributed by atoms with Crippen LogP contribution >= 0.6 is 11.6 Å². The molecule has 0 aromatic heterocycles. The molecule has 3 nitrogen and oxygen atoms in total. The van der Waals surface area contributed by atoms with Gasteiger partial charge in [0.25, 0.3) is 0 Å². The molecule has 2 rings (SSSR count). The predicted octanol–water partition coefficient (Wildman–Crippen LogP) is 4.36. The molecule has 130 valence electrons. The van der Waals surface area contributed by atoms with E-state index in [-0.39, 0.29) is 4.90 Å². The molecule has 0 amide bonds. The second-order valence-corrected chi connectivity index (χ2v) is 7.67. The Labute approximate surface area is 145 Å². The van der Waals surface area contributed by atoms with Gasteiger partial charge in [0, 0.05) is 18.1 Å². The van der Waals surface area contributed by atoms with Crippen molar-refractivity contribution >= 4 is 21.4 Å². The maximum absolute atomic E-state index is 12.5. The largest absolute Gasteiger partial charge is 0.341 e. The first kappa shape index (κ1) is 18.8. The lowest BCUT2D eigenvalue weighted by Crippen LogP contribution is -2.22. The first-order valence-electron chi connectivity index (χ1n) is 7.41. The lowest BCUT2D eigenvalue weighted by Gasteiger charge is -2.21. The molecule has 0 fully saturated rings. The lowest BCUT2D eigenvalue weighted by atomic mass is 10.1. The molecule has 0 spiro atoms. The van der Waals surface area contributed by atoms with Crippen molar-refractivity contribution in [1.29, 1.82) is 0 Å². The predicted molar refractivity (Wildman–Crippen MR) is 90.9 cm³/mol. The summed E-state index contributed by atoms with van der Waals surface area (Å²) in [5, 5.41) is 0.689. The third-order valence-electron chi connectivity index (χ3n) is 3.69. The molecule has 24 heavy (non-hydrogen) atoms. The van der Waals surface area contributed by atoms with Gasteiger partial charge < -0.3 is 0 Å². The van der Waals surface area contributed by atoms with Crippen LogP contribution < -0.4 is 0 Å². The highest BCUT2D eigenvalue weighted by Gasteiger charge is 2.26. The van der Waals surface area contributed by atoms with Crippen molar-refractivity contribution in [3.8, 4) is 0 Å². The third kappa shape index (κ3) is 4.53. The molecular formula is C17H18ClF2NO2S. The van der Waals surface area contributed by atoms with E-state index in [1.807, 2.05) is 31.2 Å². The fourth-order valence-electron chi connectivity index (χ4n) is 2.29. The molecule has 0 unspecified atom stereocenters. The standard InChI is InChI=1S/C17H18ClF2NO2S/c1-2-21(12-14-5-3-4-6-16(14)18)11-13-7-9-15(10-8-13)24(22,23)17(19)20/h3-10,17H,2,11-12H2,1H3. The summed E-state index contributed by atoms with van der Waals surface area (Å²) >= 11 is 6.16. The molecule has 0 atom stereocenters. The van der Waals surface area contributed by atoms with Gasteiger partial charge >= 0.3 is 5.76 Å². The molecule has 0 heterocycles. The van der Waals surface area contributed by atoms with Crippen LogP contribution in [0.4, 0.5) is 8.78 Å². The van der Waals surface area contributed by atoms with Crippen molar-refractivity contribution in [2.45, 2.75) is 30.7 Å². The smallest absolute Gasteiger partial charge is 0.295 e. The van der Waals surface area contributed by atoms with E-state index in [9.17, 15) is 17.2 Å². The van der Waals surface area contributed by atoms with E-state index in [1.54, 1.807) is 12.1 Å². The first-order valence-corrected chi connectivity index (χ1v) is 9.33. The summed E-state index contributed by atoms with van der Waals surface area (Å²) in [5.74, 6) is -3.41. The molecule has 2 aromatic rings. The highest BCUT2D eigenvalue weighted by molar-refractivity contribution is 7.91. The summed E-state index contributed by atoms with van der Waals surface area (Å²) in [6.07, 6.45) is 0. The van der Waals surface area contributed by atoms with Gasteiger partial charge in [-0.05, 0) is 35.9 Å². The van der Waals surface area contributed by atoms with Gasteiger partial charge in [-0.15, -0.1) is 0 Å². The van der Waals surface area contributed by atoms with Crippen LogP contribution in [-0.2, 0) is 22.9 Å². The van der Waals surface area contributed by atoms with E-state index in [4.69, 9.17) is 11.6 Å². The van der Waals surface area contributed by atoms with E-state index in [0.717, 1.165) is 17.7 Å². The highest BCUT2D eigenvalue weighted by atomic mass is 35.5. The zero-order valence-corrected chi connectivity index (χ0v) is 14.7. The first-order chi connectivity index (χ1) is 11.3. The fourth-order valence-corrected chi connectivity index (χ4v) is 3.21. The number of alkyl halides is 2. The molecule has 0 bridgehead atoms. The number of hydrogen-bond donors (Lipinski definition) is 0. The van der Waals surface area contributed by atoms with Crippen LogP contribution in [0.25, 0.3) is 0 Å². The van der Waals surface area contributed by atoms with Gasteiger partial charge in [0.1, 0.15) is 0 Å². The SMILES string of the molecule is CCN(Cc1ccc(S(=O)(=O)C(F)F)cc1)Cc1ccccc1Cl. The summed E-state index contributed by atoms with van der Waals surface area (Å²) in [6, 6.07) is 13.1. The van der Waals surface area contributed by atoms with Gasteiger partial charge in [-0.2, -0.15) is 8.78 Å². The molecular weight excluding hydrogens is 356 g/mol. The van der Waals surface area contributed by atoms with Crippen molar-refractivity contribution in [1.82, 2.24) is 4.90 Å². The van der Waals surface area contributed by atoms with Gasteiger partial charge in [-0.25, -0.2) is 8.42 Å². The van der Waals surface area contributed by atoms with E-state index in [2.05, 4.69) is 4.90 Å². The molecule has 7 heteroatoms. The molecule has 0 aliphatic heterocycles. The number of halogens is 3. The zero-order chi connectivity index (χ0) is 17.7. The zero-order valence-electron chi connectivity index (χ0n) is 13.1. The average Bonchev–Trinajstić information content (AvgIpc) is 2.56. The van der Waals surface area contributed by atoms with Crippen molar-refractivity contribution in [3.05, 3.63) is 64.7 Å². The van der Waals surface area contributed by atoms with Crippen molar-refractivity contribution < 1.29 is 17.2 Å². The van der Waals surface area contributed by atoms with Crippen molar-refractivity contribution in [2.24, 2.45) is 0 Å². The summed E-state index contributed by atoms with van der Waals surface area (Å²) in [7, 11) is -4.55. The Morgan fingerprint density at radius 1 is 1.04 bits per heavy atom. The average molecular weight is 374 g/mol. The molecule has 0 aliphatic carbocycles. The minimum Gasteiger partial charge on any atom is -0.295 e. The Bertz CT molecular complexity index is 779. The van der Waals surface area contributed by atoms with Crippen molar-refractivity contribution in [2.75, 3.05) is 6.54 Å². The van der Waals surface area contributed by atoms with Crippen LogP contribution in [0.3, 0.4) is 0 Å². The number of nitrogens with zero attached hydrogens (tertiary/aromatic N) is 1. The van der Waals surface area contributed by atoms with Crippen LogP contribution in [0, 0.1) is 0 Å². The summed E-state index contributed by atoms with van der Waals surface area (Å²) < 4.78 is 47.9. The van der Waals surface area contributed by atoms with Gasteiger partial charge in [0.2, 0.25) is 9.84 Å². The molecule has 2 aromatic carbocycles. The van der Waals surface area contributed by atoms with E-state index in [1.165, 1.54) is 12.1 Å². The van der Waals surface area contributed by atoms with E-state index < -0.39 is 15.6 Å². The Kier molecular flexibility index (Phi) is 6.32. The Balaban J connectivity index is 2.10. The van der Waals surface area contributed by atoms with Gasteiger partial charge in [0.15, 0.2) is 0 Å². The van der Waals surface area contributed by atoms with Crippen LogP contribution in [0.5, 0.6) is 0 Å². The van der Waals surface area contributed by atoms with E-state index >= 15 is 0 Å². The van der Waals surface area contributed by atoms with Crippen LogP contribution in [0.15, 0.2) is 53.4 Å².